The van der Waals surface area contributed by atoms with Crippen LogP contribution in [0.2, 0.25) is 26.2 Å². The summed E-state index contributed by atoms with van der Waals surface area (Å²) < 4.78 is 23.8. The highest BCUT2D eigenvalue weighted by Gasteiger charge is 2.46. The van der Waals surface area contributed by atoms with Gasteiger partial charge in [-0.25, -0.2) is 0 Å². The molecule has 0 unspecified atom stereocenters. The van der Waals surface area contributed by atoms with Gasteiger partial charge in [0, 0.05) is 0 Å². The molecule has 0 atom stereocenters. The van der Waals surface area contributed by atoms with Crippen LogP contribution >= 0.6 is 0 Å². The molecule has 1 heterocycles. The first-order chi connectivity index (χ1) is 7.24. The second-order valence-corrected chi connectivity index (χ2v) is 16.6. The molecule has 1 saturated heterocycles. The standard InChI is InChI=1S/C8H20O4Si4/c1-7-16(8-2)10-13-9-14(3,4)11-15(5,6)12-16/h7-8H,1-2,13H2,3-6H3. The van der Waals surface area contributed by atoms with Gasteiger partial charge in [-0.1, -0.05) is 0 Å². The molecule has 0 spiro atoms. The minimum absolute atomic E-state index is 1.07. The van der Waals surface area contributed by atoms with Crippen molar-refractivity contribution in [2.75, 3.05) is 0 Å². The molecule has 1 fully saturated rings. The Morgan fingerprint density at radius 3 is 1.94 bits per heavy atom. The molecule has 0 N–H and O–H groups in total. The lowest BCUT2D eigenvalue weighted by atomic mass is 11.2. The molecular formula is C8H20O4Si4. The Morgan fingerprint density at radius 1 is 0.875 bits per heavy atom. The summed E-state index contributed by atoms with van der Waals surface area (Å²) in [7, 11) is -7.86. The van der Waals surface area contributed by atoms with E-state index in [2.05, 4.69) is 13.2 Å². The Bertz CT molecular complexity index is 284. The average Bonchev–Trinajstić information content (AvgIpc) is 2.12. The summed E-state index contributed by atoms with van der Waals surface area (Å²) in [4.78, 5) is 0. The van der Waals surface area contributed by atoms with Gasteiger partial charge < -0.3 is 16.5 Å². The highest BCUT2D eigenvalue weighted by molar-refractivity contribution is 6.92. The van der Waals surface area contributed by atoms with Crippen LogP contribution in [-0.2, 0) is 16.5 Å². The van der Waals surface area contributed by atoms with Gasteiger partial charge in [-0.15, -0.1) is 13.2 Å². The van der Waals surface area contributed by atoms with E-state index < -0.39 is 35.7 Å². The average molecular weight is 293 g/mol. The first-order valence-corrected chi connectivity index (χ1v) is 14.0. The molecule has 16 heavy (non-hydrogen) atoms. The van der Waals surface area contributed by atoms with Gasteiger partial charge in [-0.2, -0.15) is 0 Å². The first kappa shape index (κ1) is 14.2. The Hall–Kier alpha value is 0.188. The van der Waals surface area contributed by atoms with Crippen LogP contribution < -0.4 is 0 Å². The largest absolute Gasteiger partial charge is 0.420 e. The minimum Gasteiger partial charge on any atom is -0.420 e. The zero-order chi connectivity index (χ0) is 12.4. The monoisotopic (exact) mass is 292 g/mol. The maximum absolute atomic E-state index is 6.09. The second-order valence-electron chi connectivity index (χ2n) is 4.54. The van der Waals surface area contributed by atoms with E-state index in [1.807, 2.05) is 26.2 Å². The van der Waals surface area contributed by atoms with Gasteiger partial charge >= 0.3 is 25.7 Å². The fraction of sp³-hybridized carbons (Fsp3) is 0.500. The van der Waals surface area contributed by atoms with E-state index in [-0.39, 0.29) is 0 Å². The third-order valence-electron chi connectivity index (χ3n) is 2.16. The molecule has 0 aromatic rings. The lowest BCUT2D eigenvalue weighted by Crippen LogP contribution is -2.59. The number of hydrogen-bond donors (Lipinski definition) is 0. The molecular weight excluding hydrogens is 272 g/mol. The van der Waals surface area contributed by atoms with Crippen LogP contribution in [0, 0.1) is 0 Å². The molecule has 4 nitrogen and oxygen atoms in total. The maximum atomic E-state index is 6.09. The molecule has 1 aliphatic rings. The van der Waals surface area contributed by atoms with Crippen molar-refractivity contribution in [3.63, 3.8) is 0 Å². The highest BCUT2D eigenvalue weighted by Crippen LogP contribution is 2.25. The van der Waals surface area contributed by atoms with Crippen molar-refractivity contribution < 1.29 is 16.5 Å². The summed E-state index contributed by atoms with van der Waals surface area (Å²) in [6.07, 6.45) is 0. The van der Waals surface area contributed by atoms with Crippen molar-refractivity contribution in [2.45, 2.75) is 26.2 Å². The predicted octanol–water partition coefficient (Wildman–Crippen LogP) is 1.36. The summed E-state index contributed by atoms with van der Waals surface area (Å²) in [5.41, 5.74) is 3.49. The van der Waals surface area contributed by atoms with Crippen LogP contribution in [0.1, 0.15) is 0 Å². The number of rotatable bonds is 2. The summed E-state index contributed by atoms with van der Waals surface area (Å²) in [6.45, 7) is 15.6. The van der Waals surface area contributed by atoms with E-state index >= 15 is 0 Å². The van der Waals surface area contributed by atoms with Crippen molar-refractivity contribution in [1.29, 1.82) is 0 Å². The summed E-state index contributed by atoms with van der Waals surface area (Å²) in [5.74, 6) is 0. The maximum Gasteiger partial charge on any atom is 0.373 e. The molecule has 0 saturated carbocycles. The Kier molecular flexibility index (Phi) is 4.29. The zero-order valence-corrected chi connectivity index (χ0v) is 14.8. The molecule has 0 aliphatic carbocycles. The van der Waals surface area contributed by atoms with Crippen LogP contribution in [0.25, 0.3) is 0 Å². The third kappa shape index (κ3) is 3.60. The molecule has 1 aliphatic heterocycles. The van der Waals surface area contributed by atoms with E-state index in [1.165, 1.54) is 0 Å². The van der Waals surface area contributed by atoms with Crippen LogP contribution in [-0.4, -0.2) is 35.7 Å². The quantitative estimate of drug-likeness (QED) is 0.720. The summed E-state index contributed by atoms with van der Waals surface area (Å²) in [6, 6.07) is 0. The fourth-order valence-corrected chi connectivity index (χ4v) is 15.9. The van der Waals surface area contributed by atoms with Gasteiger partial charge in [-0.3, -0.25) is 0 Å². The summed E-state index contributed by atoms with van der Waals surface area (Å²) >= 11 is 0. The molecule has 0 bridgehead atoms. The van der Waals surface area contributed by atoms with Gasteiger partial charge in [0.15, 0.2) is 0 Å². The van der Waals surface area contributed by atoms with E-state index in [1.54, 1.807) is 11.4 Å². The molecule has 0 radical (unpaired) electrons. The minimum atomic E-state index is -2.49. The van der Waals surface area contributed by atoms with E-state index in [0.29, 0.717) is 0 Å². The van der Waals surface area contributed by atoms with E-state index in [9.17, 15) is 0 Å². The molecule has 0 aromatic carbocycles. The molecule has 1 rings (SSSR count). The van der Waals surface area contributed by atoms with Crippen LogP contribution in [0.4, 0.5) is 0 Å². The van der Waals surface area contributed by atoms with Gasteiger partial charge in [0.2, 0.25) is 0 Å². The van der Waals surface area contributed by atoms with Crippen LogP contribution in [0.5, 0.6) is 0 Å². The zero-order valence-electron chi connectivity index (χ0n) is 10.4. The molecule has 8 heteroatoms. The van der Waals surface area contributed by atoms with Crippen molar-refractivity contribution in [2.24, 2.45) is 0 Å². The summed E-state index contributed by atoms with van der Waals surface area (Å²) in [5, 5.41) is 0. The van der Waals surface area contributed by atoms with Crippen LogP contribution in [0.3, 0.4) is 0 Å². The van der Waals surface area contributed by atoms with Crippen LogP contribution in [0.15, 0.2) is 24.6 Å². The van der Waals surface area contributed by atoms with Gasteiger partial charge in [0.25, 0.3) is 10.0 Å². The Morgan fingerprint density at radius 2 is 1.44 bits per heavy atom. The van der Waals surface area contributed by atoms with Gasteiger partial charge in [-0.05, 0) is 37.6 Å². The normalized spacial score (nSPS) is 29.0. The van der Waals surface area contributed by atoms with Crippen molar-refractivity contribution in [1.82, 2.24) is 0 Å². The lowest BCUT2D eigenvalue weighted by Gasteiger charge is -2.41. The fourth-order valence-electron chi connectivity index (χ4n) is 1.60. The topological polar surface area (TPSA) is 36.9 Å². The van der Waals surface area contributed by atoms with E-state index in [0.717, 1.165) is 0 Å². The van der Waals surface area contributed by atoms with Gasteiger partial charge in [0.1, 0.15) is 0 Å². The first-order valence-electron chi connectivity index (χ1n) is 5.20. The molecule has 0 aromatic heterocycles. The van der Waals surface area contributed by atoms with Crippen molar-refractivity contribution >= 4 is 35.7 Å². The molecule has 0 amide bonds. The third-order valence-corrected chi connectivity index (χ3v) is 16.0. The van der Waals surface area contributed by atoms with Crippen molar-refractivity contribution in [3.05, 3.63) is 24.6 Å². The molecule has 92 valence electrons. The number of hydrogen-bond acceptors (Lipinski definition) is 4. The Balaban J connectivity index is 2.93. The van der Waals surface area contributed by atoms with E-state index in [4.69, 9.17) is 16.5 Å². The van der Waals surface area contributed by atoms with Gasteiger partial charge in [0.05, 0.1) is 0 Å². The van der Waals surface area contributed by atoms with Crippen molar-refractivity contribution in [3.8, 4) is 0 Å². The highest BCUT2D eigenvalue weighted by atomic mass is 28.5. The predicted molar refractivity (Wildman–Crippen MR) is 74.0 cm³/mol. The lowest BCUT2D eigenvalue weighted by molar-refractivity contribution is 0.268. The second kappa shape index (κ2) is 4.82. The smallest absolute Gasteiger partial charge is 0.373 e. The SMILES string of the molecule is C=C[Si]1(C=C)O[SiH2]O[Si](C)(C)O[Si](C)(C)O1. The Labute approximate surface area is 103 Å².